The first-order chi connectivity index (χ1) is 7.15. The largest absolute Gasteiger partial charge is 0.464 e. The Morgan fingerprint density at radius 3 is 2.60 bits per heavy atom. The Bertz CT molecular complexity index is 496. The molecule has 0 bridgehead atoms. The molecule has 78 valence electrons. The molecule has 15 heavy (non-hydrogen) atoms. The number of anilines is 1. The van der Waals surface area contributed by atoms with Crippen molar-refractivity contribution in [3.05, 3.63) is 32.6 Å². The molecule has 2 rings (SSSR count). The van der Waals surface area contributed by atoms with Crippen molar-refractivity contribution >= 4 is 17.7 Å². The van der Waals surface area contributed by atoms with Gasteiger partial charge in [-0.2, -0.15) is 0 Å². The van der Waals surface area contributed by atoms with Crippen molar-refractivity contribution in [2.75, 3.05) is 11.9 Å². The average Bonchev–Trinajstić information content (AvgIpc) is 2.63. The molecule has 1 N–H and O–H groups in total. The lowest BCUT2D eigenvalue weighted by molar-refractivity contribution is -0.138. The summed E-state index contributed by atoms with van der Waals surface area (Å²) in [5.41, 5.74) is -0.720. The molecule has 1 fully saturated rings. The van der Waals surface area contributed by atoms with Crippen LogP contribution in [0.2, 0.25) is 0 Å². The number of cyclic esters (lactones) is 1. The monoisotopic (exact) mass is 207 g/mol. The van der Waals surface area contributed by atoms with Gasteiger partial charge in [0.05, 0.1) is 17.9 Å². The lowest BCUT2D eigenvalue weighted by atomic mass is 10.1. The summed E-state index contributed by atoms with van der Waals surface area (Å²) in [6.45, 7) is 3.77. The summed E-state index contributed by atoms with van der Waals surface area (Å²) in [6, 6.07) is -0.521. The van der Waals surface area contributed by atoms with E-state index in [1.807, 2.05) is 0 Å². The van der Waals surface area contributed by atoms with Crippen LogP contribution in [0.15, 0.2) is 16.2 Å². The van der Waals surface area contributed by atoms with E-state index >= 15 is 0 Å². The average molecular weight is 207 g/mol. The van der Waals surface area contributed by atoms with Gasteiger partial charge < -0.3 is 10.1 Å². The standard InChI is InChI=1S/C10H9NO4/c1-2-5-7(9(13)8(5)12)11-6-3-4-15-10(6)14/h2,6,11H,1,3-4H2. The number of carbonyl (C=O) groups is 1. The maximum atomic E-state index is 11.2. The fourth-order valence-corrected chi connectivity index (χ4v) is 1.55. The highest BCUT2D eigenvalue weighted by Gasteiger charge is 2.29. The normalized spacial score (nSPS) is 20.3. The molecule has 1 unspecified atom stereocenters. The molecule has 1 aromatic rings. The highest BCUT2D eigenvalue weighted by Crippen LogP contribution is 2.15. The highest BCUT2D eigenvalue weighted by molar-refractivity contribution is 5.83. The van der Waals surface area contributed by atoms with E-state index in [2.05, 4.69) is 11.9 Å². The van der Waals surface area contributed by atoms with Crippen molar-refractivity contribution in [3.63, 3.8) is 0 Å². The van der Waals surface area contributed by atoms with E-state index in [1.165, 1.54) is 6.08 Å². The zero-order valence-electron chi connectivity index (χ0n) is 7.91. The number of hydrogen-bond donors (Lipinski definition) is 1. The van der Waals surface area contributed by atoms with Gasteiger partial charge in [-0.05, 0) is 0 Å². The van der Waals surface area contributed by atoms with Gasteiger partial charge in [0.25, 0.3) is 0 Å². The Kier molecular flexibility index (Phi) is 2.15. The van der Waals surface area contributed by atoms with Crippen LogP contribution in [0.1, 0.15) is 12.0 Å². The first kappa shape index (κ1) is 9.64. The summed E-state index contributed by atoms with van der Waals surface area (Å²) in [7, 11) is 0. The second-order valence-corrected chi connectivity index (χ2v) is 3.30. The number of esters is 1. The van der Waals surface area contributed by atoms with Gasteiger partial charge >= 0.3 is 5.97 Å². The Balaban J connectivity index is 2.22. The van der Waals surface area contributed by atoms with Gasteiger partial charge in [-0.25, -0.2) is 4.79 Å². The highest BCUT2D eigenvalue weighted by atomic mass is 16.5. The van der Waals surface area contributed by atoms with Crippen molar-refractivity contribution < 1.29 is 9.53 Å². The molecule has 0 aliphatic carbocycles. The Morgan fingerprint density at radius 2 is 2.07 bits per heavy atom. The van der Waals surface area contributed by atoms with E-state index in [0.717, 1.165) is 0 Å². The second kappa shape index (κ2) is 3.34. The zero-order chi connectivity index (χ0) is 11.0. The maximum absolute atomic E-state index is 11.2. The molecule has 0 saturated carbocycles. The van der Waals surface area contributed by atoms with Crippen LogP contribution in [0.4, 0.5) is 5.69 Å². The fourth-order valence-electron chi connectivity index (χ4n) is 1.55. The molecule has 0 aromatic heterocycles. The summed E-state index contributed by atoms with van der Waals surface area (Å²) >= 11 is 0. The molecule has 1 saturated heterocycles. The van der Waals surface area contributed by atoms with E-state index in [-0.39, 0.29) is 11.3 Å². The van der Waals surface area contributed by atoms with Gasteiger partial charge in [-0.15, -0.1) is 0 Å². The third kappa shape index (κ3) is 1.36. The summed E-state index contributed by atoms with van der Waals surface area (Å²) in [6.07, 6.45) is 1.82. The van der Waals surface area contributed by atoms with Crippen LogP contribution in [-0.2, 0) is 9.53 Å². The van der Waals surface area contributed by atoms with Gasteiger partial charge in [-0.3, -0.25) is 9.59 Å². The third-order valence-corrected chi connectivity index (χ3v) is 2.41. The number of rotatable bonds is 3. The summed E-state index contributed by atoms with van der Waals surface area (Å²) in [5, 5.41) is 2.71. The fraction of sp³-hybridized carbons (Fsp3) is 0.300. The number of ether oxygens (including phenoxy) is 1. The Hall–Kier alpha value is -1.91. The van der Waals surface area contributed by atoms with E-state index in [1.54, 1.807) is 0 Å². The van der Waals surface area contributed by atoms with Gasteiger partial charge in [0.15, 0.2) is 0 Å². The minimum absolute atomic E-state index is 0.179. The van der Waals surface area contributed by atoms with E-state index in [0.29, 0.717) is 13.0 Å². The molecule has 0 radical (unpaired) electrons. The van der Waals surface area contributed by atoms with Crippen LogP contribution in [0.25, 0.3) is 6.08 Å². The predicted molar refractivity (Wildman–Crippen MR) is 54.4 cm³/mol. The van der Waals surface area contributed by atoms with Crippen molar-refractivity contribution in [3.8, 4) is 0 Å². The minimum Gasteiger partial charge on any atom is -0.464 e. The van der Waals surface area contributed by atoms with Crippen molar-refractivity contribution in [2.45, 2.75) is 12.5 Å². The molecule has 5 nitrogen and oxygen atoms in total. The van der Waals surface area contributed by atoms with E-state index in [4.69, 9.17) is 4.74 Å². The van der Waals surface area contributed by atoms with Crippen LogP contribution in [-0.4, -0.2) is 18.6 Å². The lowest BCUT2D eigenvalue weighted by Crippen LogP contribution is -2.40. The summed E-state index contributed by atoms with van der Waals surface area (Å²) in [5.74, 6) is -0.391. The van der Waals surface area contributed by atoms with Crippen LogP contribution in [0.5, 0.6) is 0 Å². The lowest BCUT2D eigenvalue weighted by Gasteiger charge is -2.13. The van der Waals surface area contributed by atoms with Gasteiger partial charge in [-0.1, -0.05) is 12.7 Å². The quantitative estimate of drug-likeness (QED) is 0.542. The molecule has 0 amide bonds. The van der Waals surface area contributed by atoms with E-state index < -0.39 is 22.9 Å². The van der Waals surface area contributed by atoms with Crippen LogP contribution >= 0.6 is 0 Å². The predicted octanol–water partition coefficient (Wildman–Crippen LogP) is -0.347. The van der Waals surface area contributed by atoms with Crippen LogP contribution in [0.3, 0.4) is 0 Å². The number of nitrogens with one attached hydrogen (secondary N) is 1. The van der Waals surface area contributed by atoms with Gasteiger partial charge in [0.1, 0.15) is 6.04 Å². The molecule has 1 atom stereocenters. The maximum Gasteiger partial charge on any atom is 0.328 e. The molecule has 1 aliphatic heterocycles. The SMILES string of the molecule is C=Cc1c(NC2CCOC2=O)c(=O)c1=O. The molecule has 1 aromatic carbocycles. The van der Waals surface area contributed by atoms with E-state index in [9.17, 15) is 14.4 Å². The Morgan fingerprint density at radius 1 is 1.33 bits per heavy atom. The molecule has 5 heteroatoms. The van der Waals surface area contributed by atoms with Crippen molar-refractivity contribution in [1.29, 1.82) is 0 Å². The minimum atomic E-state index is -0.593. The van der Waals surface area contributed by atoms with Gasteiger partial charge in [0.2, 0.25) is 10.9 Å². The topological polar surface area (TPSA) is 72.5 Å². The van der Waals surface area contributed by atoms with Crippen LogP contribution < -0.4 is 16.2 Å². The first-order valence-corrected chi connectivity index (χ1v) is 4.54. The first-order valence-electron chi connectivity index (χ1n) is 4.54. The Labute approximate surface area is 85.1 Å². The molecular formula is C10H9NO4. The van der Waals surface area contributed by atoms with Crippen LogP contribution in [0, 0.1) is 0 Å². The van der Waals surface area contributed by atoms with Crippen molar-refractivity contribution in [2.24, 2.45) is 0 Å². The van der Waals surface area contributed by atoms with Crippen molar-refractivity contribution in [1.82, 2.24) is 0 Å². The molecular weight excluding hydrogens is 198 g/mol. The second-order valence-electron chi connectivity index (χ2n) is 3.30. The molecule has 0 spiro atoms. The molecule has 1 heterocycles. The molecule has 1 aliphatic rings. The summed E-state index contributed by atoms with van der Waals surface area (Å²) in [4.78, 5) is 33.3. The smallest absolute Gasteiger partial charge is 0.328 e. The third-order valence-electron chi connectivity index (χ3n) is 2.41. The summed E-state index contributed by atoms with van der Waals surface area (Å²) < 4.78 is 4.72. The number of hydrogen-bond acceptors (Lipinski definition) is 5. The van der Waals surface area contributed by atoms with Gasteiger partial charge in [0, 0.05) is 6.42 Å². The number of carbonyl (C=O) groups excluding carboxylic acids is 1. The zero-order valence-corrected chi connectivity index (χ0v) is 7.91.